The fourth-order valence-electron chi connectivity index (χ4n) is 2.56. The number of urea groups is 1. The molecule has 0 aromatic carbocycles. The van der Waals surface area contributed by atoms with Crippen molar-refractivity contribution in [2.75, 3.05) is 26.2 Å². The molecule has 0 saturated carbocycles. The van der Waals surface area contributed by atoms with Gasteiger partial charge in [-0.25, -0.2) is 4.79 Å². The van der Waals surface area contributed by atoms with Crippen molar-refractivity contribution >= 4 is 12.0 Å². The van der Waals surface area contributed by atoms with E-state index < -0.39 is 11.6 Å². The Balaban J connectivity index is 2.50. The third-order valence-corrected chi connectivity index (χ3v) is 3.58. The van der Waals surface area contributed by atoms with Crippen LogP contribution in [0.1, 0.15) is 40.0 Å². The third-order valence-electron chi connectivity index (χ3n) is 3.58. The monoisotopic (exact) mass is 286 g/mol. The Labute approximate surface area is 120 Å². The Morgan fingerprint density at radius 2 is 1.85 bits per heavy atom. The van der Waals surface area contributed by atoms with Gasteiger partial charge in [-0.2, -0.15) is 0 Å². The molecule has 1 rings (SSSR count). The average molecular weight is 286 g/mol. The molecular weight excluding hydrogens is 260 g/mol. The summed E-state index contributed by atoms with van der Waals surface area (Å²) in [7, 11) is 0. The Morgan fingerprint density at radius 3 is 2.25 bits per heavy atom. The molecule has 1 aliphatic rings. The number of nitrogens with zero attached hydrogens (tertiary/aromatic N) is 2. The molecule has 0 atom stereocenters. The first kappa shape index (κ1) is 16.8. The van der Waals surface area contributed by atoms with Crippen LogP contribution in [0.5, 0.6) is 0 Å². The average Bonchev–Trinajstić information content (AvgIpc) is 2.34. The SMILES string of the molecule is CCN(CC(C)(C)O)C(=O)N1CCC(CC(=O)O)CC1. The summed E-state index contributed by atoms with van der Waals surface area (Å²) in [5.74, 6) is -0.604. The fourth-order valence-corrected chi connectivity index (χ4v) is 2.56. The van der Waals surface area contributed by atoms with E-state index in [1.807, 2.05) is 6.92 Å². The highest BCUT2D eigenvalue weighted by Gasteiger charge is 2.29. The van der Waals surface area contributed by atoms with E-state index >= 15 is 0 Å². The molecule has 0 radical (unpaired) electrons. The fraction of sp³-hybridized carbons (Fsp3) is 0.857. The van der Waals surface area contributed by atoms with Gasteiger partial charge in [0.2, 0.25) is 0 Å². The van der Waals surface area contributed by atoms with E-state index in [1.54, 1.807) is 23.6 Å². The van der Waals surface area contributed by atoms with Gasteiger partial charge in [-0.3, -0.25) is 4.79 Å². The van der Waals surface area contributed by atoms with Crippen LogP contribution < -0.4 is 0 Å². The van der Waals surface area contributed by atoms with E-state index in [0.29, 0.717) is 26.2 Å². The molecule has 0 bridgehead atoms. The standard InChI is InChI=1S/C14H26N2O4/c1-4-15(10-14(2,3)20)13(19)16-7-5-11(6-8-16)9-12(17)18/h11,20H,4-10H2,1-3H3,(H,17,18). The van der Waals surface area contributed by atoms with E-state index in [-0.39, 0.29) is 18.4 Å². The number of likely N-dealkylation sites (tertiary alicyclic amines) is 1. The van der Waals surface area contributed by atoms with Crippen LogP contribution in [0.25, 0.3) is 0 Å². The molecule has 1 aliphatic heterocycles. The number of aliphatic hydroxyl groups is 1. The number of hydrogen-bond acceptors (Lipinski definition) is 3. The van der Waals surface area contributed by atoms with Crippen molar-refractivity contribution in [1.29, 1.82) is 0 Å². The maximum Gasteiger partial charge on any atom is 0.320 e. The predicted molar refractivity (Wildman–Crippen MR) is 75.5 cm³/mol. The van der Waals surface area contributed by atoms with Crippen LogP contribution in [0.15, 0.2) is 0 Å². The molecular formula is C14H26N2O4. The lowest BCUT2D eigenvalue weighted by Gasteiger charge is -2.37. The number of carboxylic acid groups (broad SMARTS) is 1. The zero-order valence-corrected chi connectivity index (χ0v) is 12.6. The number of carbonyl (C=O) groups excluding carboxylic acids is 1. The quantitative estimate of drug-likeness (QED) is 0.800. The second-order valence-electron chi connectivity index (χ2n) is 6.14. The normalized spacial score (nSPS) is 17.1. The van der Waals surface area contributed by atoms with E-state index in [2.05, 4.69) is 0 Å². The van der Waals surface area contributed by atoms with Gasteiger partial charge in [0.15, 0.2) is 0 Å². The molecule has 1 fully saturated rings. The highest BCUT2D eigenvalue weighted by Crippen LogP contribution is 2.21. The summed E-state index contributed by atoms with van der Waals surface area (Å²) in [4.78, 5) is 26.4. The lowest BCUT2D eigenvalue weighted by molar-refractivity contribution is -0.138. The first-order valence-corrected chi connectivity index (χ1v) is 7.21. The number of aliphatic carboxylic acids is 1. The third kappa shape index (κ3) is 5.36. The zero-order valence-electron chi connectivity index (χ0n) is 12.6. The van der Waals surface area contributed by atoms with Gasteiger partial charge in [-0.1, -0.05) is 0 Å². The summed E-state index contributed by atoms with van der Waals surface area (Å²) in [6, 6.07) is -0.0663. The molecule has 1 heterocycles. The maximum absolute atomic E-state index is 12.4. The molecule has 2 amide bonds. The molecule has 2 N–H and O–H groups in total. The highest BCUT2D eigenvalue weighted by molar-refractivity contribution is 5.74. The largest absolute Gasteiger partial charge is 0.481 e. The predicted octanol–water partition coefficient (Wildman–Crippen LogP) is 1.39. The van der Waals surface area contributed by atoms with Gasteiger partial charge in [-0.15, -0.1) is 0 Å². The number of rotatable bonds is 5. The lowest BCUT2D eigenvalue weighted by Crippen LogP contribution is -2.50. The van der Waals surface area contributed by atoms with Crippen LogP contribution in [-0.4, -0.2) is 63.8 Å². The van der Waals surface area contributed by atoms with Crippen LogP contribution >= 0.6 is 0 Å². The topological polar surface area (TPSA) is 81.1 Å². The number of amides is 2. The van der Waals surface area contributed by atoms with E-state index in [1.165, 1.54) is 0 Å². The molecule has 20 heavy (non-hydrogen) atoms. The maximum atomic E-state index is 12.4. The van der Waals surface area contributed by atoms with Gasteiger partial charge < -0.3 is 20.0 Å². The lowest BCUT2D eigenvalue weighted by atomic mass is 9.94. The molecule has 1 saturated heterocycles. The zero-order chi connectivity index (χ0) is 15.3. The number of hydrogen-bond donors (Lipinski definition) is 2. The van der Waals surface area contributed by atoms with Crippen LogP contribution in [0.4, 0.5) is 4.79 Å². The molecule has 0 aromatic heterocycles. The summed E-state index contributed by atoms with van der Waals surface area (Å²) in [5, 5.41) is 18.6. The van der Waals surface area contributed by atoms with Gasteiger partial charge in [0.25, 0.3) is 0 Å². The van der Waals surface area contributed by atoms with E-state index in [4.69, 9.17) is 5.11 Å². The summed E-state index contributed by atoms with van der Waals surface area (Å²) in [5.41, 5.74) is -0.909. The number of piperidine rings is 1. The van der Waals surface area contributed by atoms with Gasteiger partial charge in [0.05, 0.1) is 12.1 Å². The summed E-state index contributed by atoms with van der Waals surface area (Å²) in [6.45, 7) is 7.30. The molecule has 6 heteroatoms. The van der Waals surface area contributed by atoms with Crippen molar-refractivity contribution in [2.24, 2.45) is 5.92 Å². The molecule has 116 valence electrons. The highest BCUT2D eigenvalue weighted by atomic mass is 16.4. The van der Waals surface area contributed by atoms with Gasteiger partial charge >= 0.3 is 12.0 Å². The van der Waals surface area contributed by atoms with Crippen molar-refractivity contribution < 1.29 is 19.8 Å². The van der Waals surface area contributed by atoms with Crippen molar-refractivity contribution in [2.45, 2.75) is 45.6 Å². The minimum atomic E-state index is -0.909. The van der Waals surface area contributed by atoms with Gasteiger partial charge in [0.1, 0.15) is 0 Å². The minimum absolute atomic E-state index is 0.0663. The molecule has 0 unspecified atom stereocenters. The van der Waals surface area contributed by atoms with Crippen molar-refractivity contribution in [3.63, 3.8) is 0 Å². The van der Waals surface area contributed by atoms with E-state index in [0.717, 1.165) is 12.8 Å². The first-order valence-electron chi connectivity index (χ1n) is 7.21. The van der Waals surface area contributed by atoms with Crippen LogP contribution in [0, 0.1) is 5.92 Å². The number of likely N-dealkylation sites (N-methyl/N-ethyl adjacent to an activating group) is 1. The second-order valence-corrected chi connectivity index (χ2v) is 6.14. The Morgan fingerprint density at radius 1 is 1.30 bits per heavy atom. The molecule has 0 aliphatic carbocycles. The van der Waals surface area contributed by atoms with Gasteiger partial charge in [0, 0.05) is 26.1 Å². The van der Waals surface area contributed by atoms with Crippen LogP contribution in [-0.2, 0) is 4.79 Å². The molecule has 6 nitrogen and oxygen atoms in total. The number of carbonyl (C=O) groups is 2. The second kappa shape index (κ2) is 6.92. The Bertz CT molecular complexity index is 344. The summed E-state index contributed by atoms with van der Waals surface area (Å²) >= 11 is 0. The van der Waals surface area contributed by atoms with Crippen molar-refractivity contribution in [3.05, 3.63) is 0 Å². The Hall–Kier alpha value is -1.30. The smallest absolute Gasteiger partial charge is 0.320 e. The summed E-state index contributed by atoms with van der Waals surface area (Å²) in [6.07, 6.45) is 1.65. The summed E-state index contributed by atoms with van der Waals surface area (Å²) < 4.78 is 0. The minimum Gasteiger partial charge on any atom is -0.481 e. The number of carboxylic acids is 1. The first-order chi connectivity index (χ1) is 9.23. The Kier molecular flexibility index (Phi) is 5.80. The van der Waals surface area contributed by atoms with Crippen molar-refractivity contribution in [3.8, 4) is 0 Å². The van der Waals surface area contributed by atoms with Crippen LogP contribution in [0.2, 0.25) is 0 Å². The van der Waals surface area contributed by atoms with Crippen LogP contribution in [0.3, 0.4) is 0 Å². The molecule has 0 spiro atoms. The van der Waals surface area contributed by atoms with Crippen molar-refractivity contribution in [1.82, 2.24) is 9.80 Å². The van der Waals surface area contributed by atoms with E-state index in [9.17, 15) is 14.7 Å². The van der Waals surface area contributed by atoms with Gasteiger partial charge in [-0.05, 0) is 39.5 Å². The molecule has 0 aromatic rings.